The Kier molecular flexibility index (Phi) is 10.5. The van der Waals surface area contributed by atoms with Gasteiger partial charge in [0.15, 0.2) is 0 Å². The van der Waals surface area contributed by atoms with Crippen LogP contribution in [0.5, 0.6) is 0 Å². The Balaban J connectivity index is 2.48. The smallest absolute Gasteiger partial charge is 0.416 e. The maximum Gasteiger partial charge on any atom is 0.416 e. The van der Waals surface area contributed by atoms with Crippen molar-refractivity contribution in [2.24, 2.45) is 5.92 Å². The first-order chi connectivity index (χ1) is 15.9. The molecule has 1 atom stereocenters. The fourth-order valence-electron chi connectivity index (χ4n) is 4.55. The highest BCUT2D eigenvalue weighted by Crippen LogP contribution is 2.47. The molecule has 0 radical (unpaired) electrons. The summed E-state index contributed by atoms with van der Waals surface area (Å²) in [5, 5.41) is 13.8. The number of unbranched alkanes of at least 4 members (excludes halogenated alkanes) is 2. The van der Waals surface area contributed by atoms with E-state index in [0.29, 0.717) is 30.1 Å². The number of hydrogen-bond donors (Lipinski definition) is 0. The molecule has 0 N–H and O–H groups in total. The number of halogens is 3. The van der Waals surface area contributed by atoms with E-state index in [0.717, 1.165) is 68.4 Å². The largest absolute Gasteiger partial charge is 0.784 e. The van der Waals surface area contributed by atoms with Gasteiger partial charge in [-0.2, -0.15) is 13.2 Å². The number of nitrogens with zero attached hydrogens (tertiary/aromatic N) is 3. The molecule has 1 aliphatic rings. The predicted molar refractivity (Wildman–Crippen MR) is 136 cm³/mol. The number of hydrogen-bond acceptors (Lipinski definition) is 4. The van der Waals surface area contributed by atoms with Crippen molar-refractivity contribution in [2.75, 3.05) is 38.1 Å². The van der Waals surface area contributed by atoms with Gasteiger partial charge in [-0.25, -0.2) is 0 Å². The van der Waals surface area contributed by atoms with Gasteiger partial charge >= 0.3 is 6.18 Å². The zero-order valence-corrected chi connectivity index (χ0v) is 21.8. The van der Waals surface area contributed by atoms with Crippen LogP contribution < -0.4 is 4.90 Å². The molecule has 0 bridgehead atoms. The normalized spacial score (nSPS) is 18.7. The van der Waals surface area contributed by atoms with E-state index in [1.54, 1.807) is 6.92 Å². The predicted octanol–water partition coefficient (Wildman–Crippen LogP) is 7.39. The molecular weight excluding hydrogens is 439 g/mol. The van der Waals surface area contributed by atoms with E-state index in [-0.39, 0.29) is 0 Å². The minimum Gasteiger partial charge on any atom is -0.784 e. The molecule has 0 fully saturated rings. The molecule has 1 aromatic rings. The monoisotopic (exact) mass is 482 g/mol. The third-order valence-electron chi connectivity index (χ3n) is 7.03. The van der Waals surface area contributed by atoms with Crippen molar-refractivity contribution >= 4 is 5.69 Å². The van der Waals surface area contributed by atoms with Gasteiger partial charge in [0.05, 0.1) is 11.1 Å². The van der Waals surface area contributed by atoms with Crippen LogP contribution >= 0.6 is 0 Å². The lowest BCUT2D eigenvalue weighted by atomic mass is 9.78. The summed E-state index contributed by atoms with van der Waals surface area (Å²) < 4.78 is 40.9. The van der Waals surface area contributed by atoms with Crippen LogP contribution in [0.3, 0.4) is 0 Å². The van der Waals surface area contributed by atoms with Gasteiger partial charge in [-0.1, -0.05) is 40.5 Å². The van der Waals surface area contributed by atoms with Crippen LogP contribution in [0.25, 0.3) is 0 Å². The van der Waals surface area contributed by atoms with Crippen LogP contribution in [0.4, 0.5) is 18.9 Å². The van der Waals surface area contributed by atoms with E-state index in [1.165, 1.54) is 19.2 Å². The van der Waals surface area contributed by atoms with Gasteiger partial charge < -0.3 is 20.1 Å². The summed E-state index contributed by atoms with van der Waals surface area (Å²) >= 11 is 0. The number of likely N-dealkylation sites (N-methyl/N-ethyl adjacent to an activating group) is 1. The zero-order valence-electron chi connectivity index (χ0n) is 21.8. The third-order valence-corrected chi connectivity index (χ3v) is 7.03. The topological polar surface area (TPSA) is 32.8 Å². The molecule has 1 heterocycles. The van der Waals surface area contributed by atoms with E-state index < -0.39 is 17.3 Å². The van der Waals surface area contributed by atoms with E-state index in [2.05, 4.69) is 37.5 Å². The van der Waals surface area contributed by atoms with Crippen LogP contribution in [-0.2, 0) is 11.7 Å². The molecule has 2 rings (SSSR count). The molecule has 1 aromatic carbocycles. The second-order valence-corrected chi connectivity index (χ2v) is 10.1. The molecule has 4 nitrogen and oxygen atoms in total. The van der Waals surface area contributed by atoms with Gasteiger partial charge in [-0.15, -0.1) is 0 Å². The quantitative estimate of drug-likeness (QED) is 0.274. The molecule has 0 saturated heterocycles. The van der Waals surface area contributed by atoms with E-state index >= 15 is 0 Å². The first kappa shape index (κ1) is 28.7. The van der Waals surface area contributed by atoms with Crippen molar-refractivity contribution in [2.45, 2.75) is 84.9 Å². The van der Waals surface area contributed by atoms with Gasteiger partial charge in [0.1, 0.15) is 0 Å². The number of anilines is 1. The summed E-state index contributed by atoms with van der Waals surface area (Å²) in [5.41, 5.74) is 0.146. The number of benzene rings is 1. The van der Waals surface area contributed by atoms with Gasteiger partial charge in [-0.3, -0.25) is 0 Å². The summed E-state index contributed by atoms with van der Waals surface area (Å²) in [7, 11) is 1.42. The van der Waals surface area contributed by atoms with Crippen LogP contribution in [0.1, 0.15) is 84.3 Å². The fraction of sp³-hybridized carbons (Fsp3) is 0.704. The molecule has 0 aromatic heterocycles. The standard InChI is InChI=1S/C27H43F3N3O/c1-7-9-15-32(16-10-8-2)17-14-23-20-33(18-13-21(3)4)25-12-11-22(27(28,29)30)19-24(25)26(23,5)31(6)34/h11-12,19-21H,7-10,13-18H2,1-6H3/q-1. The molecule has 0 spiro atoms. The van der Waals surface area contributed by atoms with Crippen LogP contribution in [0, 0.1) is 11.1 Å². The van der Waals surface area contributed by atoms with Crippen molar-refractivity contribution in [1.82, 2.24) is 9.96 Å². The molecule has 0 aliphatic carbocycles. The summed E-state index contributed by atoms with van der Waals surface area (Å²) in [6.45, 7) is 13.9. The minimum absolute atomic E-state index is 0.440. The lowest BCUT2D eigenvalue weighted by molar-refractivity contribution is -0.137. The Bertz CT molecular complexity index is 799. The van der Waals surface area contributed by atoms with E-state index in [9.17, 15) is 18.4 Å². The maximum absolute atomic E-state index is 13.6. The molecule has 7 heteroatoms. The molecule has 0 amide bonds. The second kappa shape index (κ2) is 12.4. The van der Waals surface area contributed by atoms with Crippen molar-refractivity contribution in [3.63, 3.8) is 0 Å². The molecule has 0 saturated carbocycles. The Morgan fingerprint density at radius 1 is 1.06 bits per heavy atom. The van der Waals surface area contributed by atoms with Crippen molar-refractivity contribution in [3.05, 3.63) is 46.3 Å². The van der Waals surface area contributed by atoms with Gasteiger partial charge in [0, 0.05) is 25.0 Å². The maximum atomic E-state index is 13.6. The van der Waals surface area contributed by atoms with Crippen molar-refractivity contribution in [1.29, 1.82) is 0 Å². The van der Waals surface area contributed by atoms with Crippen LogP contribution in [0.2, 0.25) is 0 Å². The number of alkyl halides is 3. The van der Waals surface area contributed by atoms with Gasteiger partial charge in [0.2, 0.25) is 0 Å². The van der Waals surface area contributed by atoms with Crippen molar-refractivity contribution in [3.8, 4) is 0 Å². The highest BCUT2D eigenvalue weighted by atomic mass is 19.4. The van der Waals surface area contributed by atoms with E-state index in [4.69, 9.17) is 0 Å². The molecule has 1 unspecified atom stereocenters. The summed E-state index contributed by atoms with van der Waals surface area (Å²) in [6.07, 6.45) is 3.58. The number of hydroxylamine groups is 2. The van der Waals surface area contributed by atoms with Crippen LogP contribution in [0.15, 0.2) is 30.0 Å². The Hall–Kier alpha value is -1.57. The van der Waals surface area contributed by atoms with E-state index in [1.807, 2.05) is 6.20 Å². The first-order valence-corrected chi connectivity index (χ1v) is 12.8. The zero-order chi connectivity index (χ0) is 25.5. The Morgan fingerprint density at radius 2 is 1.68 bits per heavy atom. The molecule has 34 heavy (non-hydrogen) atoms. The highest BCUT2D eigenvalue weighted by Gasteiger charge is 2.40. The first-order valence-electron chi connectivity index (χ1n) is 12.8. The average molecular weight is 483 g/mol. The second-order valence-electron chi connectivity index (χ2n) is 10.1. The lowest BCUT2D eigenvalue weighted by Gasteiger charge is -2.51. The van der Waals surface area contributed by atoms with Crippen molar-refractivity contribution < 1.29 is 13.2 Å². The highest BCUT2D eigenvalue weighted by molar-refractivity contribution is 5.66. The van der Waals surface area contributed by atoms with Gasteiger partial charge in [0.25, 0.3) is 0 Å². The molecule has 1 aliphatic heterocycles. The minimum atomic E-state index is -4.46. The summed E-state index contributed by atoms with van der Waals surface area (Å²) in [5.74, 6) is 0.462. The molecule has 194 valence electrons. The molecular formula is C27H43F3N3O-. The SMILES string of the molecule is CCCCN(CCCC)CCC1=CN(CCC(C)C)c2ccc(C(F)(F)F)cc2C1(C)N(C)[O-]. The summed E-state index contributed by atoms with van der Waals surface area (Å²) in [4.78, 5) is 4.48. The number of rotatable bonds is 13. The van der Waals surface area contributed by atoms with Gasteiger partial charge in [-0.05, 0) is 88.0 Å². The van der Waals surface area contributed by atoms with Crippen LogP contribution in [-0.4, -0.2) is 43.2 Å². The average Bonchev–Trinajstić information content (AvgIpc) is 2.77. The summed E-state index contributed by atoms with van der Waals surface area (Å²) in [6, 6.07) is 3.84. The lowest BCUT2D eigenvalue weighted by Crippen LogP contribution is -2.45. The Morgan fingerprint density at radius 3 is 2.18 bits per heavy atom. The number of fused-ring (bicyclic) bond motifs is 1. The third kappa shape index (κ3) is 6.98. The Labute approximate surface area is 204 Å². The fourth-order valence-corrected chi connectivity index (χ4v) is 4.55.